The number of hydrogen-bond donors (Lipinski definition) is 0. The number of methoxy groups -OCH3 is 2. The van der Waals surface area contributed by atoms with Crippen LogP contribution in [0.3, 0.4) is 0 Å². The molecule has 0 N–H and O–H groups in total. The molecule has 1 aliphatic carbocycles. The molecule has 0 bridgehead atoms. The van der Waals surface area contributed by atoms with E-state index in [1.165, 1.54) is 27.2 Å². The maximum atomic E-state index is 12.3. The highest BCUT2D eigenvalue weighted by molar-refractivity contribution is 6.35. The highest BCUT2D eigenvalue weighted by Gasteiger charge is 2.32. The molecule has 0 unspecified atom stereocenters. The summed E-state index contributed by atoms with van der Waals surface area (Å²) in [6, 6.07) is 3.04. The van der Waals surface area contributed by atoms with E-state index in [0.29, 0.717) is 5.75 Å². The van der Waals surface area contributed by atoms with Crippen LogP contribution in [0, 0.1) is 0 Å². The van der Waals surface area contributed by atoms with Gasteiger partial charge in [-0.25, -0.2) is 0 Å². The van der Waals surface area contributed by atoms with Gasteiger partial charge in [0.25, 0.3) is 0 Å². The number of fused-ring (bicyclic) bond motifs is 1. The third-order valence-corrected chi connectivity index (χ3v) is 2.94. The zero-order chi connectivity index (χ0) is 14.2. The van der Waals surface area contributed by atoms with Gasteiger partial charge in [-0.2, -0.15) is 0 Å². The minimum atomic E-state index is -0.516. The van der Waals surface area contributed by atoms with Crippen LogP contribution in [0.2, 0.25) is 0 Å². The number of carbonyl (C=O) groups excluding carboxylic acids is 3. The highest BCUT2D eigenvalue weighted by Crippen LogP contribution is 2.37. The Morgan fingerprint density at radius 1 is 1.11 bits per heavy atom. The van der Waals surface area contributed by atoms with Crippen LogP contribution in [-0.2, 0) is 4.79 Å². The van der Waals surface area contributed by atoms with Crippen molar-refractivity contribution in [3.63, 3.8) is 0 Å². The fourth-order valence-corrected chi connectivity index (χ4v) is 2.03. The van der Waals surface area contributed by atoms with E-state index in [9.17, 15) is 14.4 Å². The van der Waals surface area contributed by atoms with Crippen LogP contribution in [-0.4, -0.2) is 31.6 Å². The van der Waals surface area contributed by atoms with Crippen molar-refractivity contribution in [1.82, 2.24) is 0 Å². The Bertz CT molecular complexity index is 625. The van der Waals surface area contributed by atoms with Gasteiger partial charge in [0.15, 0.2) is 23.1 Å². The minimum Gasteiger partial charge on any atom is -0.493 e. The summed E-state index contributed by atoms with van der Waals surface area (Å²) in [6.07, 6.45) is 1.07. The molecule has 0 radical (unpaired) electrons. The molecule has 0 atom stereocenters. The van der Waals surface area contributed by atoms with E-state index < -0.39 is 11.6 Å². The molecule has 2 rings (SSSR count). The molecule has 0 saturated carbocycles. The smallest absolute Gasteiger partial charge is 0.201 e. The second kappa shape index (κ2) is 4.68. The molecular formula is C14H12O5. The summed E-state index contributed by atoms with van der Waals surface area (Å²) < 4.78 is 10.2. The van der Waals surface area contributed by atoms with Crippen LogP contribution in [0.4, 0.5) is 0 Å². The van der Waals surface area contributed by atoms with Gasteiger partial charge < -0.3 is 9.47 Å². The van der Waals surface area contributed by atoms with Crippen molar-refractivity contribution in [3.8, 4) is 11.5 Å². The van der Waals surface area contributed by atoms with E-state index in [-0.39, 0.29) is 28.2 Å². The summed E-state index contributed by atoms with van der Waals surface area (Å²) in [7, 11) is 2.81. The number of ether oxygens (including phenoxy) is 2. The van der Waals surface area contributed by atoms with Gasteiger partial charge in [-0.05, 0) is 19.1 Å². The first-order chi connectivity index (χ1) is 9.01. The van der Waals surface area contributed by atoms with Gasteiger partial charge >= 0.3 is 0 Å². The van der Waals surface area contributed by atoms with Crippen molar-refractivity contribution in [1.29, 1.82) is 0 Å². The molecule has 98 valence electrons. The fourth-order valence-electron chi connectivity index (χ4n) is 2.03. The number of benzene rings is 1. The Labute approximate surface area is 109 Å². The summed E-state index contributed by atoms with van der Waals surface area (Å²) in [5, 5.41) is 0. The number of hydrogen-bond acceptors (Lipinski definition) is 5. The van der Waals surface area contributed by atoms with E-state index in [0.717, 1.165) is 6.08 Å². The molecule has 1 aromatic rings. The second-order valence-corrected chi connectivity index (χ2v) is 4.03. The third-order valence-electron chi connectivity index (χ3n) is 2.94. The van der Waals surface area contributed by atoms with E-state index in [1.807, 2.05) is 0 Å². The van der Waals surface area contributed by atoms with Gasteiger partial charge in [-0.1, -0.05) is 0 Å². The maximum absolute atomic E-state index is 12.3. The Morgan fingerprint density at radius 2 is 1.79 bits per heavy atom. The van der Waals surface area contributed by atoms with Gasteiger partial charge in [0.1, 0.15) is 0 Å². The quantitative estimate of drug-likeness (QED) is 0.772. The molecule has 0 spiro atoms. The predicted octanol–water partition coefficient (Wildman–Crippen LogP) is 1.60. The summed E-state index contributed by atoms with van der Waals surface area (Å²) in [5.41, 5.74) is 0.163. The van der Waals surface area contributed by atoms with Crippen LogP contribution in [0.25, 0.3) is 0 Å². The molecular weight excluding hydrogens is 248 g/mol. The van der Waals surface area contributed by atoms with Crippen molar-refractivity contribution in [2.24, 2.45) is 0 Å². The first-order valence-electron chi connectivity index (χ1n) is 5.58. The van der Waals surface area contributed by atoms with Crippen LogP contribution in [0.15, 0.2) is 23.8 Å². The zero-order valence-electron chi connectivity index (χ0n) is 10.8. The van der Waals surface area contributed by atoms with Crippen molar-refractivity contribution in [3.05, 3.63) is 34.9 Å². The number of carbonyl (C=O) groups is 3. The standard InChI is InChI=1S/C14H12O5/c1-7(15)9-6-10(16)8-4-5-11(18-2)14(19-3)12(8)13(9)17/h4-6H,1-3H3. The Morgan fingerprint density at radius 3 is 2.32 bits per heavy atom. The summed E-state index contributed by atoms with van der Waals surface area (Å²) in [6.45, 7) is 1.24. The number of allylic oxidation sites excluding steroid dienone is 2. The first-order valence-corrected chi connectivity index (χ1v) is 5.58. The average molecular weight is 260 g/mol. The maximum Gasteiger partial charge on any atom is 0.201 e. The fraction of sp³-hybridized carbons (Fsp3) is 0.214. The topological polar surface area (TPSA) is 69.7 Å². The van der Waals surface area contributed by atoms with E-state index in [2.05, 4.69) is 0 Å². The summed E-state index contributed by atoms with van der Waals surface area (Å²) >= 11 is 0. The number of Topliss-reactive ketones (excluding diaryl/α,β-unsaturated/α-hetero) is 2. The molecule has 19 heavy (non-hydrogen) atoms. The Kier molecular flexibility index (Phi) is 3.21. The zero-order valence-corrected chi connectivity index (χ0v) is 10.8. The molecule has 1 aromatic carbocycles. The first kappa shape index (κ1) is 13.0. The van der Waals surface area contributed by atoms with E-state index in [1.54, 1.807) is 6.07 Å². The van der Waals surface area contributed by atoms with Gasteiger partial charge in [0.2, 0.25) is 5.78 Å². The minimum absolute atomic E-state index is 0.0829. The molecule has 0 heterocycles. The van der Waals surface area contributed by atoms with Crippen molar-refractivity contribution in [2.75, 3.05) is 14.2 Å². The molecule has 5 nitrogen and oxygen atoms in total. The average Bonchev–Trinajstić information content (AvgIpc) is 2.40. The SMILES string of the molecule is COc1ccc2c(c1OC)C(=O)C(C(C)=O)=CC2=O. The number of rotatable bonds is 3. The lowest BCUT2D eigenvalue weighted by atomic mass is 9.87. The third kappa shape index (κ3) is 1.93. The largest absolute Gasteiger partial charge is 0.493 e. The van der Waals surface area contributed by atoms with Crippen LogP contribution >= 0.6 is 0 Å². The lowest BCUT2D eigenvalue weighted by Crippen LogP contribution is -2.22. The van der Waals surface area contributed by atoms with Crippen LogP contribution < -0.4 is 9.47 Å². The van der Waals surface area contributed by atoms with Gasteiger partial charge in [-0.15, -0.1) is 0 Å². The number of ketones is 3. The van der Waals surface area contributed by atoms with Crippen LogP contribution in [0.5, 0.6) is 11.5 Å². The lowest BCUT2D eigenvalue weighted by Gasteiger charge is -2.18. The van der Waals surface area contributed by atoms with Gasteiger partial charge in [0, 0.05) is 11.6 Å². The molecule has 0 fully saturated rings. The molecule has 0 aliphatic heterocycles. The predicted molar refractivity (Wildman–Crippen MR) is 67.0 cm³/mol. The Hall–Kier alpha value is -2.43. The summed E-state index contributed by atoms with van der Waals surface area (Å²) in [5.74, 6) is -0.843. The van der Waals surface area contributed by atoms with Crippen LogP contribution in [0.1, 0.15) is 27.6 Å². The molecule has 1 aliphatic rings. The van der Waals surface area contributed by atoms with Gasteiger partial charge in [-0.3, -0.25) is 14.4 Å². The van der Waals surface area contributed by atoms with E-state index >= 15 is 0 Å². The van der Waals surface area contributed by atoms with E-state index in [4.69, 9.17) is 9.47 Å². The Balaban J connectivity index is 2.74. The lowest BCUT2D eigenvalue weighted by molar-refractivity contribution is -0.113. The molecule has 0 saturated heterocycles. The molecule has 0 aromatic heterocycles. The van der Waals surface area contributed by atoms with Crippen molar-refractivity contribution >= 4 is 17.3 Å². The highest BCUT2D eigenvalue weighted by atomic mass is 16.5. The van der Waals surface area contributed by atoms with Gasteiger partial charge in [0.05, 0.1) is 25.4 Å². The molecule has 5 heteroatoms. The van der Waals surface area contributed by atoms with Crippen molar-refractivity contribution in [2.45, 2.75) is 6.92 Å². The van der Waals surface area contributed by atoms with Crippen molar-refractivity contribution < 1.29 is 23.9 Å². The second-order valence-electron chi connectivity index (χ2n) is 4.03. The molecule has 0 amide bonds. The summed E-state index contributed by atoms with van der Waals surface area (Å²) in [4.78, 5) is 35.6. The monoisotopic (exact) mass is 260 g/mol. The normalized spacial score (nSPS) is 13.7.